The number of rotatable bonds is 2. The van der Waals surface area contributed by atoms with E-state index in [1.807, 2.05) is 0 Å². The largest absolute Gasteiger partial charge is 0.490 e. The molecule has 4 saturated carbocycles. The number of hydrogen-bond donors (Lipinski definition) is 0. The zero-order valence-corrected chi connectivity index (χ0v) is 14.1. The Hall–Kier alpha value is -2.11. The second-order valence-corrected chi connectivity index (χ2v) is 8.41. The van der Waals surface area contributed by atoms with Crippen molar-refractivity contribution in [1.29, 1.82) is 0 Å². The van der Waals surface area contributed by atoms with Crippen LogP contribution >= 0.6 is 0 Å². The fourth-order valence-corrected chi connectivity index (χ4v) is 6.19. The van der Waals surface area contributed by atoms with Crippen LogP contribution in [0.4, 0.5) is 11.4 Å². The van der Waals surface area contributed by atoms with E-state index in [1.165, 1.54) is 31.4 Å². The van der Waals surface area contributed by atoms with Crippen molar-refractivity contribution in [1.82, 2.24) is 0 Å². The number of anilines is 1. The van der Waals surface area contributed by atoms with Crippen molar-refractivity contribution in [2.75, 3.05) is 18.1 Å². The van der Waals surface area contributed by atoms with E-state index in [9.17, 15) is 14.9 Å². The first-order valence-electron chi connectivity index (χ1n) is 9.27. The molecule has 6 nitrogen and oxygen atoms in total. The summed E-state index contributed by atoms with van der Waals surface area (Å²) in [5, 5.41) is 11.1. The second kappa shape index (κ2) is 5.19. The highest BCUT2D eigenvalue weighted by molar-refractivity contribution is 5.99. The number of nitro benzene ring substituents is 1. The normalized spacial score (nSPS) is 35.2. The monoisotopic (exact) mass is 342 g/mol. The summed E-state index contributed by atoms with van der Waals surface area (Å²) in [5.41, 5.74) is 0.335. The molecule has 25 heavy (non-hydrogen) atoms. The van der Waals surface area contributed by atoms with Gasteiger partial charge in [-0.2, -0.15) is 0 Å². The van der Waals surface area contributed by atoms with Crippen LogP contribution in [0.3, 0.4) is 0 Å². The number of amides is 1. The van der Waals surface area contributed by atoms with Gasteiger partial charge in [-0.3, -0.25) is 14.9 Å². The molecule has 1 heterocycles. The lowest BCUT2D eigenvalue weighted by Gasteiger charge is -2.56. The Morgan fingerprint density at radius 1 is 1.16 bits per heavy atom. The first kappa shape index (κ1) is 15.2. The van der Waals surface area contributed by atoms with Gasteiger partial charge in [0.15, 0.2) is 0 Å². The number of nitro groups is 1. The summed E-state index contributed by atoms with van der Waals surface area (Å²) in [6.07, 6.45) is 6.87. The Kier molecular flexibility index (Phi) is 3.15. The number of non-ortho nitro benzene ring substituents is 1. The topological polar surface area (TPSA) is 72.7 Å². The molecule has 1 aromatic carbocycles. The molecule has 0 atom stereocenters. The molecule has 0 saturated heterocycles. The van der Waals surface area contributed by atoms with Crippen molar-refractivity contribution in [3.63, 3.8) is 0 Å². The van der Waals surface area contributed by atoms with Crippen molar-refractivity contribution in [3.8, 4) is 5.75 Å². The maximum Gasteiger partial charge on any atom is 0.271 e. The average Bonchev–Trinajstić information content (AvgIpc) is 2.59. The van der Waals surface area contributed by atoms with Gasteiger partial charge >= 0.3 is 0 Å². The lowest BCUT2D eigenvalue weighted by Crippen LogP contribution is -2.55. The highest BCUT2D eigenvalue weighted by Crippen LogP contribution is 2.61. The number of ether oxygens (including phenoxy) is 1. The van der Waals surface area contributed by atoms with Crippen LogP contribution in [-0.2, 0) is 4.79 Å². The predicted molar refractivity (Wildman–Crippen MR) is 91.5 cm³/mol. The van der Waals surface area contributed by atoms with Crippen molar-refractivity contribution >= 4 is 17.3 Å². The summed E-state index contributed by atoms with van der Waals surface area (Å²) in [7, 11) is 0. The first-order chi connectivity index (χ1) is 12.0. The van der Waals surface area contributed by atoms with Gasteiger partial charge in [0.2, 0.25) is 5.91 Å². The van der Waals surface area contributed by atoms with Gasteiger partial charge in [-0.05, 0) is 62.3 Å². The van der Waals surface area contributed by atoms with Gasteiger partial charge in [0.25, 0.3) is 5.69 Å². The quantitative estimate of drug-likeness (QED) is 0.609. The number of carbonyl (C=O) groups excluding carboxylic acids is 1. The zero-order valence-electron chi connectivity index (χ0n) is 14.1. The summed E-state index contributed by atoms with van der Waals surface area (Å²) < 4.78 is 5.64. The summed E-state index contributed by atoms with van der Waals surface area (Å²) in [6, 6.07) is 4.55. The minimum atomic E-state index is -0.414. The fraction of sp³-hybridized carbons (Fsp3) is 0.632. The molecule has 4 fully saturated rings. The minimum absolute atomic E-state index is 0.00700. The standard InChI is InChI=1S/C19H22N2O4/c22-18(19-9-12-5-13(10-19)7-14(6-12)11-19)20-3-4-25-17-2-1-15(21(23)24)8-16(17)20/h1-2,8,12-14H,3-7,9-11H2. The van der Waals surface area contributed by atoms with E-state index in [0.29, 0.717) is 42.3 Å². The molecule has 0 N–H and O–H groups in total. The van der Waals surface area contributed by atoms with Crippen LogP contribution in [-0.4, -0.2) is 24.0 Å². The molecule has 1 aromatic rings. The Bertz CT molecular complexity index is 725. The van der Waals surface area contributed by atoms with E-state index >= 15 is 0 Å². The van der Waals surface area contributed by atoms with Crippen molar-refractivity contribution in [2.45, 2.75) is 38.5 Å². The van der Waals surface area contributed by atoms with Gasteiger partial charge in [0.1, 0.15) is 12.4 Å². The van der Waals surface area contributed by atoms with Gasteiger partial charge in [-0.15, -0.1) is 0 Å². The molecule has 6 rings (SSSR count). The second-order valence-electron chi connectivity index (χ2n) is 8.41. The SMILES string of the molecule is O=C(N1CCOc2ccc([N+](=O)[O-])cc21)C12CC3CC(CC(C3)C1)C2. The van der Waals surface area contributed by atoms with Gasteiger partial charge in [-0.25, -0.2) is 0 Å². The Labute approximate surface area is 146 Å². The molecule has 1 amide bonds. The Balaban J connectivity index is 1.51. The van der Waals surface area contributed by atoms with E-state index in [0.717, 1.165) is 19.3 Å². The van der Waals surface area contributed by atoms with Crippen molar-refractivity contribution in [2.24, 2.45) is 23.2 Å². The Morgan fingerprint density at radius 2 is 1.80 bits per heavy atom. The summed E-state index contributed by atoms with van der Waals surface area (Å²) in [4.78, 5) is 26.1. The molecule has 0 aromatic heterocycles. The van der Waals surface area contributed by atoms with E-state index in [4.69, 9.17) is 4.74 Å². The zero-order chi connectivity index (χ0) is 17.2. The molecule has 4 aliphatic carbocycles. The molecule has 1 aliphatic heterocycles. The number of carbonyl (C=O) groups is 1. The molecule has 132 valence electrons. The predicted octanol–water partition coefficient (Wildman–Crippen LogP) is 3.54. The molecule has 6 heteroatoms. The maximum absolute atomic E-state index is 13.6. The van der Waals surface area contributed by atoms with Gasteiger partial charge in [-0.1, -0.05) is 0 Å². The first-order valence-corrected chi connectivity index (χ1v) is 9.27. The minimum Gasteiger partial charge on any atom is -0.490 e. The lowest BCUT2D eigenvalue weighted by molar-refractivity contribution is -0.384. The van der Waals surface area contributed by atoms with Crippen LogP contribution < -0.4 is 9.64 Å². The van der Waals surface area contributed by atoms with E-state index in [1.54, 1.807) is 11.0 Å². The van der Waals surface area contributed by atoms with Crippen LogP contribution in [0.15, 0.2) is 18.2 Å². The van der Waals surface area contributed by atoms with Crippen LogP contribution in [0.5, 0.6) is 5.75 Å². The van der Waals surface area contributed by atoms with Crippen LogP contribution in [0, 0.1) is 33.3 Å². The van der Waals surface area contributed by atoms with Gasteiger partial charge in [0, 0.05) is 12.1 Å². The van der Waals surface area contributed by atoms with Crippen LogP contribution in [0.25, 0.3) is 0 Å². The highest BCUT2D eigenvalue weighted by atomic mass is 16.6. The number of benzene rings is 1. The third kappa shape index (κ3) is 2.26. The highest BCUT2D eigenvalue weighted by Gasteiger charge is 2.56. The third-order valence-electron chi connectivity index (χ3n) is 6.75. The third-order valence-corrected chi connectivity index (χ3v) is 6.75. The molecule has 0 radical (unpaired) electrons. The summed E-state index contributed by atoms with van der Waals surface area (Å²) in [6.45, 7) is 0.928. The number of hydrogen-bond acceptors (Lipinski definition) is 4. The molecule has 4 bridgehead atoms. The van der Waals surface area contributed by atoms with E-state index < -0.39 is 4.92 Å². The van der Waals surface area contributed by atoms with Gasteiger partial charge < -0.3 is 9.64 Å². The molecule has 0 spiro atoms. The summed E-state index contributed by atoms with van der Waals surface area (Å²) >= 11 is 0. The number of nitrogens with zero attached hydrogens (tertiary/aromatic N) is 2. The maximum atomic E-state index is 13.6. The van der Waals surface area contributed by atoms with E-state index in [2.05, 4.69) is 0 Å². The van der Waals surface area contributed by atoms with Gasteiger partial charge in [0.05, 0.1) is 22.6 Å². The average molecular weight is 342 g/mol. The van der Waals surface area contributed by atoms with Crippen molar-refractivity contribution < 1.29 is 14.5 Å². The van der Waals surface area contributed by atoms with E-state index in [-0.39, 0.29) is 17.0 Å². The molecule has 0 unspecified atom stereocenters. The van der Waals surface area contributed by atoms with Crippen molar-refractivity contribution in [3.05, 3.63) is 28.3 Å². The summed E-state index contributed by atoms with van der Waals surface area (Å²) in [5.74, 6) is 2.84. The lowest BCUT2D eigenvalue weighted by atomic mass is 9.49. The molecular formula is C19H22N2O4. The molecule has 5 aliphatic rings. The van der Waals surface area contributed by atoms with Crippen LogP contribution in [0.2, 0.25) is 0 Å². The molecular weight excluding hydrogens is 320 g/mol. The Morgan fingerprint density at radius 3 is 2.40 bits per heavy atom. The number of fused-ring (bicyclic) bond motifs is 1. The van der Waals surface area contributed by atoms with Crippen LogP contribution in [0.1, 0.15) is 38.5 Å². The smallest absolute Gasteiger partial charge is 0.271 e. The fourth-order valence-electron chi connectivity index (χ4n) is 6.19.